The Kier molecular flexibility index (Phi) is 5.24. The maximum atomic E-state index is 12.5. The molecule has 0 aliphatic heterocycles. The van der Waals surface area contributed by atoms with Gasteiger partial charge >= 0.3 is 6.09 Å². The second-order valence-electron chi connectivity index (χ2n) is 5.88. The summed E-state index contributed by atoms with van der Waals surface area (Å²) in [5, 5.41) is 6.00. The third kappa shape index (κ3) is 3.94. The van der Waals surface area contributed by atoms with Gasteiger partial charge in [0, 0.05) is 28.9 Å². The lowest BCUT2D eigenvalue weighted by Crippen LogP contribution is -2.23. The predicted octanol–water partition coefficient (Wildman–Crippen LogP) is 4.19. The first-order valence-corrected chi connectivity index (χ1v) is 8.57. The molecular formula is C19H19ClN2O3. The molecule has 2 amide bonds. The van der Waals surface area contributed by atoms with Gasteiger partial charge in [-0.05, 0) is 67.6 Å². The molecule has 0 heterocycles. The molecule has 0 unspecified atom stereocenters. The number of nitrogens with one attached hydrogen (secondary N) is 2. The standard InChI is InChI=1S/C19H19ClN2O3/c1-21-19(24)25-17-11-10-16(14-4-2-3-5-15(14)17)22-18(23)12-6-8-13(20)9-7-12/h6-11H,2-5H2,1H3,(H,21,24)(H,22,23). The van der Waals surface area contributed by atoms with E-state index in [-0.39, 0.29) is 5.91 Å². The van der Waals surface area contributed by atoms with E-state index in [1.54, 1.807) is 36.4 Å². The molecule has 3 rings (SSSR count). The Morgan fingerprint density at radius 3 is 2.36 bits per heavy atom. The van der Waals surface area contributed by atoms with E-state index in [1.807, 2.05) is 0 Å². The molecule has 0 bridgehead atoms. The fourth-order valence-electron chi connectivity index (χ4n) is 2.99. The minimum absolute atomic E-state index is 0.190. The number of rotatable bonds is 3. The SMILES string of the molecule is CNC(=O)Oc1ccc(NC(=O)c2ccc(Cl)cc2)c2c1CCCC2. The molecule has 0 aromatic heterocycles. The van der Waals surface area contributed by atoms with E-state index in [9.17, 15) is 9.59 Å². The first-order valence-electron chi connectivity index (χ1n) is 8.19. The van der Waals surface area contributed by atoms with Crippen molar-refractivity contribution in [2.45, 2.75) is 25.7 Å². The fourth-order valence-corrected chi connectivity index (χ4v) is 3.12. The first-order chi connectivity index (χ1) is 12.1. The minimum atomic E-state index is -0.495. The summed E-state index contributed by atoms with van der Waals surface area (Å²) in [7, 11) is 1.52. The monoisotopic (exact) mass is 358 g/mol. The van der Waals surface area contributed by atoms with Crippen molar-refractivity contribution in [3.63, 3.8) is 0 Å². The van der Waals surface area contributed by atoms with E-state index in [4.69, 9.17) is 16.3 Å². The third-order valence-corrected chi connectivity index (χ3v) is 4.51. The highest BCUT2D eigenvalue weighted by molar-refractivity contribution is 6.30. The molecule has 1 aliphatic rings. The van der Waals surface area contributed by atoms with Gasteiger partial charge in [-0.2, -0.15) is 0 Å². The van der Waals surface area contributed by atoms with Gasteiger partial charge in [0.25, 0.3) is 5.91 Å². The Balaban J connectivity index is 1.87. The van der Waals surface area contributed by atoms with Crippen molar-refractivity contribution in [3.05, 3.63) is 58.1 Å². The molecule has 6 heteroatoms. The van der Waals surface area contributed by atoms with Crippen LogP contribution in [0.4, 0.5) is 10.5 Å². The Morgan fingerprint density at radius 1 is 1.00 bits per heavy atom. The van der Waals surface area contributed by atoms with Gasteiger partial charge in [-0.25, -0.2) is 4.79 Å². The summed E-state index contributed by atoms with van der Waals surface area (Å²) in [6, 6.07) is 10.3. The number of hydrogen-bond donors (Lipinski definition) is 2. The van der Waals surface area contributed by atoms with Crippen molar-refractivity contribution in [1.82, 2.24) is 5.32 Å². The largest absolute Gasteiger partial charge is 0.412 e. The number of fused-ring (bicyclic) bond motifs is 1. The molecule has 0 spiro atoms. The van der Waals surface area contributed by atoms with Gasteiger partial charge in [-0.3, -0.25) is 4.79 Å². The average Bonchev–Trinajstić information content (AvgIpc) is 2.64. The molecule has 2 aromatic rings. The molecule has 25 heavy (non-hydrogen) atoms. The summed E-state index contributed by atoms with van der Waals surface area (Å²) in [6.45, 7) is 0. The molecule has 0 fully saturated rings. The summed E-state index contributed by atoms with van der Waals surface area (Å²) in [4.78, 5) is 24.0. The predicted molar refractivity (Wildman–Crippen MR) is 97.6 cm³/mol. The van der Waals surface area contributed by atoms with Crippen molar-refractivity contribution in [3.8, 4) is 5.75 Å². The van der Waals surface area contributed by atoms with Crippen LogP contribution in [0.5, 0.6) is 5.75 Å². The Hall–Kier alpha value is -2.53. The van der Waals surface area contributed by atoms with E-state index in [0.717, 1.165) is 42.5 Å². The molecule has 130 valence electrons. The molecule has 2 N–H and O–H groups in total. The molecule has 1 aliphatic carbocycles. The van der Waals surface area contributed by atoms with E-state index < -0.39 is 6.09 Å². The van der Waals surface area contributed by atoms with Crippen LogP contribution in [0.3, 0.4) is 0 Å². The number of anilines is 1. The van der Waals surface area contributed by atoms with Gasteiger partial charge in [0.2, 0.25) is 0 Å². The summed E-state index contributed by atoms with van der Waals surface area (Å²) >= 11 is 5.86. The van der Waals surface area contributed by atoms with Crippen LogP contribution < -0.4 is 15.4 Å². The summed E-state index contributed by atoms with van der Waals surface area (Å²) < 4.78 is 5.34. The van der Waals surface area contributed by atoms with Crippen LogP contribution >= 0.6 is 11.6 Å². The Morgan fingerprint density at radius 2 is 1.68 bits per heavy atom. The van der Waals surface area contributed by atoms with Crippen LogP contribution in [-0.2, 0) is 12.8 Å². The van der Waals surface area contributed by atoms with Gasteiger partial charge in [-0.1, -0.05) is 11.6 Å². The number of hydrogen-bond acceptors (Lipinski definition) is 3. The maximum absolute atomic E-state index is 12.5. The minimum Gasteiger partial charge on any atom is -0.410 e. The number of amides is 2. The lowest BCUT2D eigenvalue weighted by atomic mass is 9.89. The van der Waals surface area contributed by atoms with Crippen molar-refractivity contribution in [1.29, 1.82) is 0 Å². The zero-order valence-corrected chi connectivity index (χ0v) is 14.7. The zero-order valence-electron chi connectivity index (χ0n) is 13.9. The van der Waals surface area contributed by atoms with Crippen molar-refractivity contribution < 1.29 is 14.3 Å². The average molecular weight is 359 g/mol. The van der Waals surface area contributed by atoms with Crippen LogP contribution in [0, 0.1) is 0 Å². The van der Waals surface area contributed by atoms with Crippen LogP contribution in [0.15, 0.2) is 36.4 Å². The molecule has 5 nitrogen and oxygen atoms in total. The van der Waals surface area contributed by atoms with E-state index in [1.165, 1.54) is 7.05 Å². The third-order valence-electron chi connectivity index (χ3n) is 4.25. The molecular weight excluding hydrogens is 340 g/mol. The first kappa shape index (κ1) is 17.3. The topological polar surface area (TPSA) is 67.4 Å². The van der Waals surface area contributed by atoms with Crippen LogP contribution in [-0.4, -0.2) is 19.0 Å². The summed E-state index contributed by atoms with van der Waals surface area (Å²) in [6.07, 6.45) is 3.25. The fraction of sp³-hybridized carbons (Fsp3) is 0.263. The molecule has 0 radical (unpaired) electrons. The molecule has 0 atom stereocenters. The van der Waals surface area contributed by atoms with Crippen LogP contribution in [0.1, 0.15) is 34.3 Å². The van der Waals surface area contributed by atoms with Crippen LogP contribution in [0.2, 0.25) is 5.02 Å². The molecule has 0 saturated heterocycles. The normalized spacial score (nSPS) is 12.9. The van der Waals surface area contributed by atoms with E-state index >= 15 is 0 Å². The lowest BCUT2D eigenvalue weighted by molar-refractivity contribution is 0.102. The number of benzene rings is 2. The number of halogens is 1. The summed E-state index contributed by atoms with van der Waals surface area (Å²) in [5.74, 6) is 0.364. The highest BCUT2D eigenvalue weighted by Gasteiger charge is 2.20. The second-order valence-corrected chi connectivity index (χ2v) is 6.31. The highest BCUT2D eigenvalue weighted by Crippen LogP contribution is 2.35. The zero-order chi connectivity index (χ0) is 17.8. The summed E-state index contributed by atoms with van der Waals surface area (Å²) in [5.41, 5.74) is 3.33. The van der Waals surface area contributed by atoms with Gasteiger partial charge < -0.3 is 15.4 Å². The van der Waals surface area contributed by atoms with Crippen molar-refractivity contribution in [2.24, 2.45) is 0 Å². The van der Waals surface area contributed by atoms with Crippen molar-refractivity contribution in [2.75, 3.05) is 12.4 Å². The van der Waals surface area contributed by atoms with Gasteiger partial charge in [0.15, 0.2) is 0 Å². The van der Waals surface area contributed by atoms with Gasteiger partial charge in [0.05, 0.1) is 0 Å². The van der Waals surface area contributed by atoms with E-state index in [0.29, 0.717) is 16.3 Å². The Bertz CT molecular complexity index is 803. The second kappa shape index (κ2) is 7.57. The highest BCUT2D eigenvalue weighted by atomic mass is 35.5. The lowest BCUT2D eigenvalue weighted by Gasteiger charge is -2.22. The van der Waals surface area contributed by atoms with E-state index in [2.05, 4.69) is 10.6 Å². The van der Waals surface area contributed by atoms with Gasteiger partial charge in [0.1, 0.15) is 5.75 Å². The molecule has 0 saturated carbocycles. The smallest absolute Gasteiger partial charge is 0.410 e. The number of ether oxygens (including phenoxy) is 1. The maximum Gasteiger partial charge on any atom is 0.412 e. The van der Waals surface area contributed by atoms with Crippen molar-refractivity contribution >= 4 is 29.3 Å². The Labute approximate surface area is 151 Å². The number of carbonyl (C=O) groups is 2. The number of carbonyl (C=O) groups excluding carboxylic acids is 2. The van der Waals surface area contributed by atoms with Gasteiger partial charge in [-0.15, -0.1) is 0 Å². The van der Waals surface area contributed by atoms with Crippen LogP contribution in [0.25, 0.3) is 0 Å². The quantitative estimate of drug-likeness (QED) is 0.864. The molecule has 2 aromatic carbocycles.